The van der Waals surface area contributed by atoms with Gasteiger partial charge in [0.15, 0.2) is 0 Å². The van der Waals surface area contributed by atoms with E-state index in [-0.39, 0.29) is 0 Å². The van der Waals surface area contributed by atoms with Gasteiger partial charge in [0.05, 0.1) is 0 Å². The average molecular weight is 274 g/mol. The van der Waals surface area contributed by atoms with Crippen LogP contribution < -0.4 is 5.32 Å². The summed E-state index contributed by atoms with van der Waals surface area (Å²) in [7, 11) is 0. The zero-order valence-electron chi connectivity index (χ0n) is 13.4. The normalized spacial score (nSPS) is 18.1. The molecule has 2 nitrogen and oxygen atoms in total. The van der Waals surface area contributed by atoms with E-state index in [1.165, 1.54) is 55.6 Å². The fourth-order valence-electron chi connectivity index (χ4n) is 3.02. The number of likely N-dealkylation sites (tertiary alicyclic amines) is 1. The van der Waals surface area contributed by atoms with Crippen LogP contribution in [0.4, 0.5) is 0 Å². The maximum atomic E-state index is 3.61. The molecular weight excluding hydrogens is 244 g/mol. The van der Waals surface area contributed by atoms with Crippen molar-refractivity contribution >= 4 is 0 Å². The van der Waals surface area contributed by atoms with Crippen molar-refractivity contribution in [1.29, 1.82) is 0 Å². The van der Waals surface area contributed by atoms with Gasteiger partial charge in [0.25, 0.3) is 0 Å². The molecule has 1 N–H and O–H groups in total. The lowest BCUT2D eigenvalue weighted by atomic mass is 10.1. The Hall–Kier alpha value is -0.860. The molecule has 0 spiro atoms. The molecule has 1 heterocycles. The van der Waals surface area contributed by atoms with Crippen molar-refractivity contribution in [1.82, 2.24) is 10.2 Å². The Bertz CT molecular complexity index is 408. The Labute approximate surface area is 124 Å². The van der Waals surface area contributed by atoms with Crippen molar-refractivity contribution in [2.75, 3.05) is 26.2 Å². The lowest BCUT2D eigenvalue weighted by molar-refractivity contribution is 0.199. The second-order valence-electron chi connectivity index (χ2n) is 6.52. The summed E-state index contributed by atoms with van der Waals surface area (Å²) >= 11 is 0. The highest BCUT2D eigenvalue weighted by Gasteiger charge is 2.12. The summed E-state index contributed by atoms with van der Waals surface area (Å²) in [4.78, 5) is 2.63. The molecule has 0 aromatic heterocycles. The predicted octanol–water partition coefficient (Wildman–Crippen LogP) is 3.52. The maximum absolute atomic E-state index is 3.61. The van der Waals surface area contributed by atoms with Gasteiger partial charge in [-0.05, 0) is 68.9 Å². The van der Waals surface area contributed by atoms with Crippen LogP contribution in [-0.4, -0.2) is 31.1 Å². The lowest BCUT2D eigenvalue weighted by Gasteiger charge is -2.29. The van der Waals surface area contributed by atoms with Crippen LogP contribution in [0, 0.1) is 19.8 Å². The van der Waals surface area contributed by atoms with Gasteiger partial charge in [0.1, 0.15) is 0 Å². The predicted molar refractivity (Wildman–Crippen MR) is 87.1 cm³/mol. The maximum Gasteiger partial charge on any atom is 0.0205 e. The first-order chi connectivity index (χ1) is 9.65. The van der Waals surface area contributed by atoms with E-state index in [9.17, 15) is 0 Å². The standard InChI is InChI=1S/C18H30N2/c1-15(14-20-9-5-4-6-10-20)12-19-13-18-8-7-16(2)17(3)11-18/h7-8,11,15,19H,4-6,9-10,12-14H2,1-3H3. The van der Waals surface area contributed by atoms with E-state index >= 15 is 0 Å². The third kappa shape index (κ3) is 4.92. The second-order valence-corrected chi connectivity index (χ2v) is 6.52. The lowest BCUT2D eigenvalue weighted by Crippen LogP contribution is -2.36. The van der Waals surface area contributed by atoms with E-state index in [1.807, 2.05) is 0 Å². The third-order valence-electron chi connectivity index (χ3n) is 4.41. The van der Waals surface area contributed by atoms with Crippen molar-refractivity contribution in [3.05, 3.63) is 34.9 Å². The van der Waals surface area contributed by atoms with Gasteiger partial charge in [-0.15, -0.1) is 0 Å². The molecule has 2 rings (SSSR count). The number of nitrogens with one attached hydrogen (secondary N) is 1. The largest absolute Gasteiger partial charge is 0.312 e. The van der Waals surface area contributed by atoms with E-state index in [0.717, 1.165) is 19.0 Å². The summed E-state index contributed by atoms with van der Waals surface area (Å²) in [6, 6.07) is 6.77. The van der Waals surface area contributed by atoms with Gasteiger partial charge in [-0.25, -0.2) is 0 Å². The van der Waals surface area contributed by atoms with Gasteiger partial charge in [0, 0.05) is 13.1 Å². The number of piperidine rings is 1. The molecule has 0 saturated carbocycles. The highest BCUT2D eigenvalue weighted by molar-refractivity contribution is 5.29. The number of nitrogens with zero attached hydrogens (tertiary/aromatic N) is 1. The minimum absolute atomic E-state index is 0.736. The van der Waals surface area contributed by atoms with Crippen molar-refractivity contribution in [2.24, 2.45) is 5.92 Å². The van der Waals surface area contributed by atoms with Gasteiger partial charge < -0.3 is 10.2 Å². The van der Waals surface area contributed by atoms with Gasteiger partial charge >= 0.3 is 0 Å². The molecule has 1 aliphatic heterocycles. The van der Waals surface area contributed by atoms with E-state index in [1.54, 1.807) is 0 Å². The fraction of sp³-hybridized carbons (Fsp3) is 0.667. The van der Waals surface area contributed by atoms with Crippen LogP contribution in [0.2, 0.25) is 0 Å². The quantitative estimate of drug-likeness (QED) is 0.854. The minimum Gasteiger partial charge on any atom is -0.312 e. The van der Waals surface area contributed by atoms with Crippen molar-refractivity contribution < 1.29 is 0 Å². The molecule has 1 aliphatic rings. The van der Waals surface area contributed by atoms with E-state index in [4.69, 9.17) is 0 Å². The van der Waals surface area contributed by atoms with Crippen LogP contribution in [0.25, 0.3) is 0 Å². The van der Waals surface area contributed by atoms with Crippen LogP contribution in [0.5, 0.6) is 0 Å². The van der Waals surface area contributed by atoms with Crippen molar-refractivity contribution in [2.45, 2.75) is 46.6 Å². The van der Waals surface area contributed by atoms with Crippen LogP contribution in [0.15, 0.2) is 18.2 Å². The van der Waals surface area contributed by atoms with Crippen LogP contribution in [0.3, 0.4) is 0 Å². The number of rotatable bonds is 6. The molecule has 1 aromatic rings. The first kappa shape index (κ1) is 15.5. The molecule has 1 aromatic carbocycles. The molecule has 1 saturated heterocycles. The van der Waals surface area contributed by atoms with Crippen LogP contribution >= 0.6 is 0 Å². The Balaban J connectivity index is 1.67. The SMILES string of the molecule is Cc1ccc(CNCC(C)CN2CCCCC2)cc1C. The summed E-state index contributed by atoms with van der Waals surface area (Å²) in [5.74, 6) is 0.736. The summed E-state index contributed by atoms with van der Waals surface area (Å²) in [5, 5.41) is 3.61. The zero-order valence-corrected chi connectivity index (χ0v) is 13.4. The molecule has 112 valence electrons. The molecule has 1 fully saturated rings. The van der Waals surface area contributed by atoms with Crippen LogP contribution in [0.1, 0.15) is 42.9 Å². The number of hydrogen-bond donors (Lipinski definition) is 1. The van der Waals surface area contributed by atoms with E-state index < -0.39 is 0 Å². The van der Waals surface area contributed by atoms with Gasteiger partial charge in [-0.3, -0.25) is 0 Å². The van der Waals surface area contributed by atoms with Crippen molar-refractivity contribution in [3.8, 4) is 0 Å². The Morgan fingerprint density at radius 3 is 2.55 bits per heavy atom. The summed E-state index contributed by atoms with van der Waals surface area (Å²) < 4.78 is 0. The first-order valence-electron chi connectivity index (χ1n) is 8.14. The van der Waals surface area contributed by atoms with Gasteiger partial charge in [-0.2, -0.15) is 0 Å². The third-order valence-corrected chi connectivity index (χ3v) is 4.41. The minimum atomic E-state index is 0.736. The Kier molecular flexibility index (Phi) is 6.06. The molecule has 1 atom stereocenters. The smallest absolute Gasteiger partial charge is 0.0205 e. The van der Waals surface area contributed by atoms with Gasteiger partial charge in [0.2, 0.25) is 0 Å². The molecule has 1 unspecified atom stereocenters. The molecule has 0 radical (unpaired) electrons. The topological polar surface area (TPSA) is 15.3 Å². The summed E-state index contributed by atoms with van der Waals surface area (Å²) in [6.45, 7) is 12.7. The highest BCUT2D eigenvalue weighted by atomic mass is 15.1. The summed E-state index contributed by atoms with van der Waals surface area (Å²) in [6.07, 6.45) is 4.21. The average Bonchev–Trinajstić information content (AvgIpc) is 2.44. The summed E-state index contributed by atoms with van der Waals surface area (Å²) in [5.41, 5.74) is 4.18. The molecular formula is C18H30N2. The zero-order chi connectivity index (χ0) is 14.4. The molecule has 0 bridgehead atoms. The van der Waals surface area contributed by atoms with Crippen molar-refractivity contribution in [3.63, 3.8) is 0 Å². The molecule has 0 aliphatic carbocycles. The Morgan fingerprint density at radius 1 is 1.10 bits per heavy atom. The number of hydrogen-bond acceptors (Lipinski definition) is 2. The molecule has 0 amide bonds. The molecule has 2 heteroatoms. The fourth-order valence-corrected chi connectivity index (χ4v) is 3.02. The first-order valence-corrected chi connectivity index (χ1v) is 8.14. The number of aryl methyl sites for hydroxylation is 2. The monoisotopic (exact) mass is 274 g/mol. The highest BCUT2D eigenvalue weighted by Crippen LogP contribution is 2.11. The second kappa shape index (κ2) is 7.80. The molecule has 20 heavy (non-hydrogen) atoms. The van der Waals surface area contributed by atoms with E-state index in [2.05, 4.69) is 49.2 Å². The Morgan fingerprint density at radius 2 is 1.85 bits per heavy atom. The van der Waals surface area contributed by atoms with Gasteiger partial charge in [-0.1, -0.05) is 31.5 Å². The number of benzene rings is 1. The van der Waals surface area contributed by atoms with E-state index in [0.29, 0.717) is 0 Å². The van der Waals surface area contributed by atoms with Crippen LogP contribution in [-0.2, 0) is 6.54 Å².